The highest BCUT2D eigenvalue weighted by atomic mass is 19.3. The van der Waals surface area contributed by atoms with E-state index in [0.29, 0.717) is 0 Å². The van der Waals surface area contributed by atoms with Crippen molar-refractivity contribution >= 4 is 11.9 Å². The van der Waals surface area contributed by atoms with E-state index in [-0.39, 0.29) is 0 Å². The van der Waals surface area contributed by atoms with Crippen LogP contribution in [0.15, 0.2) is 60.7 Å². The van der Waals surface area contributed by atoms with Gasteiger partial charge in [-0.2, -0.15) is 17.6 Å². The van der Waals surface area contributed by atoms with Crippen molar-refractivity contribution < 1.29 is 31.9 Å². The van der Waals surface area contributed by atoms with Crippen LogP contribution in [-0.4, -0.2) is 11.9 Å². The van der Waals surface area contributed by atoms with Crippen LogP contribution >= 0.6 is 0 Å². The highest BCUT2D eigenvalue weighted by Gasteiger charge is 2.49. The zero-order chi connectivity index (χ0) is 17.1. The third-order valence-electron chi connectivity index (χ3n) is 2.97. The molecule has 0 aliphatic rings. The number of hydrogen-bond donors (Lipinski definition) is 0. The number of hydrogen-bond acceptors (Lipinski definition) is 3. The minimum absolute atomic E-state index is 0.763. The summed E-state index contributed by atoms with van der Waals surface area (Å²) < 4.78 is 59.0. The molecule has 7 heteroatoms. The standard InChI is InChI=1S/C16H10F4O3/c17-15(18,11-7-3-1-4-8-11)13(21)23-14(22)16(19,20)12-9-5-2-6-10-12/h1-10H. The molecule has 3 nitrogen and oxygen atoms in total. The van der Waals surface area contributed by atoms with Crippen LogP contribution < -0.4 is 0 Å². The van der Waals surface area contributed by atoms with Crippen LogP contribution in [0.1, 0.15) is 11.1 Å². The highest BCUT2D eigenvalue weighted by molar-refractivity contribution is 5.93. The molecule has 0 bridgehead atoms. The second kappa shape index (κ2) is 6.20. The Labute approximate surface area is 128 Å². The van der Waals surface area contributed by atoms with Crippen molar-refractivity contribution in [2.24, 2.45) is 0 Å². The minimum atomic E-state index is -4.22. The van der Waals surface area contributed by atoms with Crippen LogP contribution in [0.25, 0.3) is 0 Å². The van der Waals surface area contributed by atoms with E-state index in [1.165, 1.54) is 36.4 Å². The van der Waals surface area contributed by atoms with Crippen LogP contribution in [0.5, 0.6) is 0 Å². The predicted octanol–water partition coefficient (Wildman–Crippen LogP) is 3.64. The molecule has 0 saturated heterocycles. The molecule has 0 spiro atoms. The second-order valence-electron chi connectivity index (χ2n) is 4.56. The number of ether oxygens (including phenoxy) is 1. The van der Waals surface area contributed by atoms with Gasteiger partial charge in [0.1, 0.15) is 0 Å². The van der Waals surface area contributed by atoms with Gasteiger partial charge in [0.25, 0.3) is 0 Å². The third kappa shape index (κ3) is 3.39. The second-order valence-corrected chi connectivity index (χ2v) is 4.56. The maximum absolute atomic E-state index is 13.8. The van der Waals surface area contributed by atoms with Gasteiger partial charge >= 0.3 is 23.8 Å². The van der Waals surface area contributed by atoms with Gasteiger partial charge in [0.2, 0.25) is 0 Å². The van der Waals surface area contributed by atoms with Gasteiger partial charge in [-0.3, -0.25) is 0 Å². The van der Waals surface area contributed by atoms with Crippen LogP contribution in [0.3, 0.4) is 0 Å². The maximum Gasteiger partial charge on any atom is 0.389 e. The fraction of sp³-hybridized carbons (Fsp3) is 0.125. The van der Waals surface area contributed by atoms with Gasteiger partial charge < -0.3 is 4.74 Å². The number of halogens is 4. The van der Waals surface area contributed by atoms with Gasteiger partial charge in [-0.25, -0.2) is 9.59 Å². The Balaban J connectivity index is 2.18. The molecular weight excluding hydrogens is 316 g/mol. The maximum atomic E-state index is 13.8. The molecule has 0 atom stereocenters. The highest BCUT2D eigenvalue weighted by Crippen LogP contribution is 2.33. The molecule has 0 heterocycles. The van der Waals surface area contributed by atoms with Gasteiger partial charge in [-0.15, -0.1) is 0 Å². The lowest BCUT2D eigenvalue weighted by Crippen LogP contribution is -2.36. The van der Waals surface area contributed by atoms with Gasteiger partial charge in [0.15, 0.2) is 0 Å². The van der Waals surface area contributed by atoms with E-state index in [1.807, 2.05) is 0 Å². The Hall–Kier alpha value is -2.70. The van der Waals surface area contributed by atoms with E-state index < -0.39 is 34.9 Å². The van der Waals surface area contributed by atoms with Crippen molar-refractivity contribution in [2.75, 3.05) is 0 Å². The lowest BCUT2D eigenvalue weighted by molar-refractivity contribution is -0.194. The molecule has 0 radical (unpaired) electrons. The summed E-state index contributed by atoms with van der Waals surface area (Å²) in [6, 6.07) is 11.5. The lowest BCUT2D eigenvalue weighted by Gasteiger charge is -2.18. The number of carbonyl (C=O) groups is 2. The Morgan fingerprint density at radius 1 is 0.652 bits per heavy atom. The molecule has 0 saturated carbocycles. The number of esters is 2. The first-order valence-corrected chi connectivity index (χ1v) is 6.39. The summed E-state index contributed by atoms with van der Waals surface area (Å²) in [6.07, 6.45) is 0. The number of rotatable bonds is 4. The van der Waals surface area contributed by atoms with E-state index in [4.69, 9.17) is 0 Å². The fourth-order valence-electron chi connectivity index (χ4n) is 1.74. The van der Waals surface area contributed by atoms with E-state index in [1.54, 1.807) is 0 Å². The zero-order valence-electron chi connectivity index (χ0n) is 11.5. The molecular formula is C16H10F4O3. The topological polar surface area (TPSA) is 43.4 Å². The number of alkyl halides is 4. The van der Waals surface area contributed by atoms with Crippen molar-refractivity contribution in [3.63, 3.8) is 0 Å². The summed E-state index contributed by atoms with van der Waals surface area (Å²) in [5.74, 6) is -13.2. The molecule has 0 unspecified atom stereocenters. The molecule has 2 aromatic carbocycles. The third-order valence-corrected chi connectivity index (χ3v) is 2.97. The summed E-state index contributed by atoms with van der Waals surface area (Å²) in [7, 11) is 0. The van der Waals surface area contributed by atoms with Crippen LogP contribution in [0.4, 0.5) is 17.6 Å². The Morgan fingerprint density at radius 3 is 1.26 bits per heavy atom. The van der Waals surface area contributed by atoms with E-state index in [0.717, 1.165) is 24.3 Å². The minimum Gasteiger partial charge on any atom is -0.384 e. The monoisotopic (exact) mass is 326 g/mol. The van der Waals surface area contributed by atoms with Gasteiger partial charge in [0.05, 0.1) is 0 Å². The Bertz CT molecular complexity index is 638. The Kier molecular flexibility index (Phi) is 4.49. The fourth-order valence-corrected chi connectivity index (χ4v) is 1.74. The molecule has 2 aromatic rings. The Morgan fingerprint density at radius 2 is 0.957 bits per heavy atom. The first-order chi connectivity index (χ1) is 10.8. The SMILES string of the molecule is O=C(OC(=O)C(F)(F)c1ccccc1)C(F)(F)c1ccccc1. The average Bonchev–Trinajstić information content (AvgIpc) is 2.56. The average molecular weight is 326 g/mol. The van der Waals surface area contributed by atoms with Crippen molar-refractivity contribution in [1.82, 2.24) is 0 Å². The van der Waals surface area contributed by atoms with Crippen molar-refractivity contribution in [3.8, 4) is 0 Å². The molecule has 2 rings (SSSR count). The van der Waals surface area contributed by atoms with Crippen LogP contribution in [-0.2, 0) is 26.2 Å². The molecule has 0 aliphatic carbocycles. The van der Waals surface area contributed by atoms with Crippen LogP contribution in [0, 0.1) is 0 Å². The summed E-state index contributed by atoms with van der Waals surface area (Å²) in [6.45, 7) is 0. The first kappa shape index (κ1) is 16.7. The van der Waals surface area contributed by atoms with E-state index in [2.05, 4.69) is 4.74 Å². The summed E-state index contributed by atoms with van der Waals surface area (Å²) >= 11 is 0. The van der Waals surface area contributed by atoms with Gasteiger partial charge in [-0.1, -0.05) is 60.7 Å². The number of carbonyl (C=O) groups excluding carboxylic acids is 2. The summed E-state index contributed by atoms with van der Waals surface area (Å²) in [4.78, 5) is 22.9. The summed E-state index contributed by atoms with van der Waals surface area (Å²) in [5.41, 5.74) is -1.53. The summed E-state index contributed by atoms with van der Waals surface area (Å²) in [5, 5.41) is 0. The molecule has 0 N–H and O–H groups in total. The van der Waals surface area contributed by atoms with Crippen molar-refractivity contribution in [1.29, 1.82) is 0 Å². The van der Waals surface area contributed by atoms with Crippen molar-refractivity contribution in [2.45, 2.75) is 11.8 Å². The number of benzene rings is 2. The molecule has 0 fully saturated rings. The van der Waals surface area contributed by atoms with Crippen molar-refractivity contribution in [3.05, 3.63) is 71.8 Å². The zero-order valence-corrected chi connectivity index (χ0v) is 11.5. The molecule has 23 heavy (non-hydrogen) atoms. The predicted molar refractivity (Wildman–Crippen MR) is 71.8 cm³/mol. The van der Waals surface area contributed by atoms with Crippen LogP contribution in [0.2, 0.25) is 0 Å². The first-order valence-electron chi connectivity index (χ1n) is 6.39. The van der Waals surface area contributed by atoms with Gasteiger partial charge in [0, 0.05) is 11.1 Å². The van der Waals surface area contributed by atoms with Gasteiger partial charge in [-0.05, 0) is 0 Å². The van der Waals surface area contributed by atoms with E-state index >= 15 is 0 Å². The normalized spacial score (nSPS) is 11.8. The lowest BCUT2D eigenvalue weighted by atomic mass is 10.1. The molecule has 0 amide bonds. The smallest absolute Gasteiger partial charge is 0.384 e. The molecule has 120 valence electrons. The van der Waals surface area contributed by atoms with E-state index in [9.17, 15) is 27.2 Å². The molecule has 0 aromatic heterocycles. The quantitative estimate of drug-likeness (QED) is 0.489. The molecule has 0 aliphatic heterocycles. The largest absolute Gasteiger partial charge is 0.389 e.